The molecule has 0 N–H and O–H groups in total. The minimum absolute atomic E-state index is 0.816. The van der Waals surface area contributed by atoms with Crippen LogP contribution in [0.4, 0.5) is 5.69 Å². The van der Waals surface area contributed by atoms with Crippen molar-refractivity contribution in [3.8, 4) is 0 Å². The number of hydrogen-bond acceptors (Lipinski definition) is 2. The molecule has 1 aliphatic rings. The molecule has 0 amide bonds. The highest BCUT2D eigenvalue weighted by Gasteiger charge is 2.18. The number of benzene rings is 2. The molecule has 0 saturated heterocycles. The quantitative estimate of drug-likeness (QED) is 0.426. The summed E-state index contributed by atoms with van der Waals surface area (Å²) in [6.45, 7) is 4.27. The molecular weight excluding hydrogens is 398 g/mol. The van der Waals surface area contributed by atoms with Crippen LogP contribution in [0, 0.1) is 19.1 Å². The summed E-state index contributed by atoms with van der Waals surface area (Å²) in [5.41, 5.74) is 4.72. The van der Waals surface area contributed by atoms with Gasteiger partial charge in [0.05, 0.1) is 0 Å². The molecule has 1 aliphatic carbocycles. The number of hydrogen-bond donors (Lipinski definition) is 0. The summed E-state index contributed by atoms with van der Waals surface area (Å²) in [7, 11) is 0. The second kappa shape index (κ2) is 8.52. The average molecular weight is 425 g/mol. The number of halogens is 1. The van der Waals surface area contributed by atoms with Crippen molar-refractivity contribution < 1.29 is 4.42 Å². The summed E-state index contributed by atoms with van der Waals surface area (Å²) in [6, 6.07) is 15.3. The number of furan rings is 1. The van der Waals surface area contributed by atoms with E-state index in [2.05, 4.69) is 76.5 Å². The van der Waals surface area contributed by atoms with Gasteiger partial charge in [-0.2, -0.15) is 0 Å². The van der Waals surface area contributed by atoms with E-state index in [4.69, 9.17) is 4.42 Å². The molecule has 3 heteroatoms. The van der Waals surface area contributed by atoms with E-state index in [9.17, 15) is 0 Å². The maximum atomic E-state index is 5.53. The Labute approximate surface area is 170 Å². The lowest BCUT2D eigenvalue weighted by Gasteiger charge is -2.31. The van der Waals surface area contributed by atoms with E-state index in [0.717, 1.165) is 41.0 Å². The standard InChI is InChI=1S/C24H27BrNO/c1-18-17-27-24-12-11-22(15-23(18)24)26(16-20-5-3-2-4-6-20)14-13-19-7-9-21(25)10-8-19/h7-12,15,20H,2-6,13-14,16H2,1H3. The molecule has 2 nitrogen and oxygen atoms in total. The van der Waals surface area contributed by atoms with Crippen molar-refractivity contribution in [1.82, 2.24) is 0 Å². The number of nitrogens with zero attached hydrogens (tertiary/aromatic N) is 1. The molecule has 0 bridgehead atoms. The molecule has 1 heterocycles. The molecule has 1 radical (unpaired) electrons. The second-order valence-corrected chi connectivity index (χ2v) is 8.75. The zero-order valence-electron chi connectivity index (χ0n) is 16.0. The van der Waals surface area contributed by atoms with E-state index in [-0.39, 0.29) is 0 Å². The Kier molecular flexibility index (Phi) is 5.87. The topological polar surface area (TPSA) is 16.4 Å². The van der Waals surface area contributed by atoms with Gasteiger partial charge in [-0.3, -0.25) is 0 Å². The molecule has 2 aromatic carbocycles. The van der Waals surface area contributed by atoms with Crippen molar-refractivity contribution >= 4 is 32.6 Å². The molecule has 4 rings (SSSR count). The lowest BCUT2D eigenvalue weighted by molar-refractivity contribution is 0.358. The van der Waals surface area contributed by atoms with E-state index in [1.807, 2.05) is 0 Å². The highest BCUT2D eigenvalue weighted by atomic mass is 79.9. The number of anilines is 1. The smallest absolute Gasteiger partial charge is 0.173 e. The van der Waals surface area contributed by atoms with Gasteiger partial charge in [-0.25, -0.2) is 0 Å². The summed E-state index contributed by atoms with van der Waals surface area (Å²) < 4.78 is 6.67. The Morgan fingerprint density at radius 2 is 1.85 bits per heavy atom. The second-order valence-electron chi connectivity index (χ2n) is 7.84. The number of rotatable bonds is 6. The van der Waals surface area contributed by atoms with E-state index in [1.54, 1.807) is 0 Å². The summed E-state index contributed by atoms with van der Waals surface area (Å²) in [6.07, 6.45) is 11.0. The van der Waals surface area contributed by atoms with Crippen molar-refractivity contribution in [1.29, 1.82) is 0 Å². The minimum atomic E-state index is 0.816. The first kappa shape index (κ1) is 18.6. The van der Waals surface area contributed by atoms with Crippen LogP contribution in [0.1, 0.15) is 43.2 Å². The SMILES string of the molecule is Cc1[c]oc2ccc(N(CCc3ccc(Br)cc3)CC3CCCCC3)cc12. The van der Waals surface area contributed by atoms with Crippen LogP contribution < -0.4 is 4.90 Å². The molecular formula is C24H27BrNO. The first-order valence-electron chi connectivity index (χ1n) is 10.1. The Morgan fingerprint density at radius 3 is 2.63 bits per heavy atom. The van der Waals surface area contributed by atoms with Gasteiger partial charge in [-0.15, -0.1) is 0 Å². The van der Waals surface area contributed by atoms with Crippen LogP contribution >= 0.6 is 15.9 Å². The Bertz CT molecular complexity index is 877. The zero-order chi connectivity index (χ0) is 18.6. The van der Waals surface area contributed by atoms with Gasteiger partial charge in [0.25, 0.3) is 0 Å². The van der Waals surface area contributed by atoms with E-state index in [1.165, 1.54) is 48.7 Å². The Hall–Kier alpha value is -1.74. The van der Waals surface area contributed by atoms with Crippen molar-refractivity contribution in [2.24, 2.45) is 5.92 Å². The molecule has 1 fully saturated rings. The van der Waals surface area contributed by atoms with Gasteiger partial charge in [-0.05, 0) is 68.0 Å². The van der Waals surface area contributed by atoms with Gasteiger partial charge in [0, 0.05) is 34.2 Å². The zero-order valence-corrected chi connectivity index (χ0v) is 17.6. The van der Waals surface area contributed by atoms with E-state index in [0.29, 0.717) is 0 Å². The van der Waals surface area contributed by atoms with Crippen LogP contribution in [-0.4, -0.2) is 13.1 Å². The summed E-state index contributed by atoms with van der Waals surface area (Å²) in [4.78, 5) is 2.59. The third-order valence-electron chi connectivity index (χ3n) is 5.83. The third kappa shape index (κ3) is 4.57. The van der Waals surface area contributed by atoms with E-state index >= 15 is 0 Å². The van der Waals surface area contributed by atoms with Crippen LogP contribution in [0.25, 0.3) is 11.0 Å². The monoisotopic (exact) mass is 424 g/mol. The largest absolute Gasteiger partial charge is 0.452 e. The van der Waals surface area contributed by atoms with Crippen LogP contribution in [0.15, 0.2) is 51.4 Å². The molecule has 0 atom stereocenters. The summed E-state index contributed by atoms with van der Waals surface area (Å²) in [5, 5.41) is 1.18. The van der Waals surface area contributed by atoms with Crippen molar-refractivity contribution in [2.45, 2.75) is 45.4 Å². The predicted molar refractivity (Wildman–Crippen MR) is 116 cm³/mol. The Balaban J connectivity index is 1.55. The van der Waals surface area contributed by atoms with Gasteiger partial charge >= 0.3 is 0 Å². The normalized spacial score (nSPS) is 15.3. The predicted octanol–water partition coefficient (Wildman–Crippen LogP) is 6.93. The lowest BCUT2D eigenvalue weighted by Crippen LogP contribution is -2.32. The van der Waals surface area contributed by atoms with Crippen LogP contribution in [0.2, 0.25) is 0 Å². The first-order valence-corrected chi connectivity index (χ1v) is 10.9. The van der Waals surface area contributed by atoms with Crippen LogP contribution in [0.5, 0.6) is 0 Å². The van der Waals surface area contributed by atoms with Crippen molar-refractivity contribution in [3.05, 3.63) is 64.3 Å². The molecule has 1 saturated carbocycles. The fraction of sp³-hybridized carbons (Fsp3) is 0.417. The molecule has 0 unspecified atom stereocenters. The molecule has 3 aromatic rings. The highest BCUT2D eigenvalue weighted by Crippen LogP contribution is 2.30. The van der Waals surface area contributed by atoms with Gasteiger partial charge in [0.2, 0.25) is 0 Å². The highest BCUT2D eigenvalue weighted by molar-refractivity contribution is 9.10. The third-order valence-corrected chi connectivity index (χ3v) is 6.36. The van der Waals surface area contributed by atoms with Gasteiger partial charge in [0.15, 0.2) is 6.26 Å². The summed E-state index contributed by atoms with van der Waals surface area (Å²) in [5.74, 6) is 0.816. The van der Waals surface area contributed by atoms with E-state index < -0.39 is 0 Å². The van der Waals surface area contributed by atoms with Gasteiger partial charge < -0.3 is 9.32 Å². The number of fused-ring (bicyclic) bond motifs is 1. The number of aryl methyl sites for hydroxylation is 1. The van der Waals surface area contributed by atoms with Crippen LogP contribution in [0.3, 0.4) is 0 Å². The van der Waals surface area contributed by atoms with Gasteiger partial charge in [0.1, 0.15) is 5.58 Å². The van der Waals surface area contributed by atoms with Crippen LogP contribution in [-0.2, 0) is 6.42 Å². The molecule has 141 valence electrons. The van der Waals surface area contributed by atoms with Crippen molar-refractivity contribution in [3.63, 3.8) is 0 Å². The maximum Gasteiger partial charge on any atom is 0.173 e. The molecule has 0 spiro atoms. The summed E-state index contributed by atoms with van der Waals surface area (Å²) >= 11 is 3.53. The molecule has 27 heavy (non-hydrogen) atoms. The Morgan fingerprint density at radius 1 is 1.07 bits per heavy atom. The lowest BCUT2D eigenvalue weighted by atomic mass is 9.88. The molecule has 0 aliphatic heterocycles. The fourth-order valence-electron chi connectivity index (χ4n) is 4.21. The maximum absolute atomic E-state index is 5.53. The minimum Gasteiger partial charge on any atom is -0.452 e. The average Bonchev–Trinajstić information content (AvgIpc) is 3.07. The fourth-order valence-corrected chi connectivity index (χ4v) is 4.47. The van der Waals surface area contributed by atoms with Gasteiger partial charge in [-0.1, -0.05) is 47.3 Å². The first-order chi connectivity index (χ1) is 13.2. The molecule has 1 aromatic heterocycles. The van der Waals surface area contributed by atoms with Crippen molar-refractivity contribution in [2.75, 3.05) is 18.0 Å².